The summed E-state index contributed by atoms with van der Waals surface area (Å²) >= 11 is 0. The van der Waals surface area contributed by atoms with Crippen molar-refractivity contribution in [2.24, 2.45) is 0 Å². The highest BCUT2D eigenvalue weighted by Gasteiger charge is 2.22. The van der Waals surface area contributed by atoms with Gasteiger partial charge in [-0.05, 0) is 58.6 Å². The Morgan fingerprint density at radius 3 is 2.42 bits per heavy atom. The van der Waals surface area contributed by atoms with Gasteiger partial charge in [0.15, 0.2) is 0 Å². The van der Waals surface area contributed by atoms with E-state index in [9.17, 15) is 4.79 Å². The first-order valence-corrected chi connectivity index (χ1v) is 11.1. The van der Waals surface area contributed by atoms with Gasteiger partial charge >= 0.3 is 6.09 Å². The lowest BCUT2D eigenvalue weighted by Crippen LogP contribution is -2.41. The Hall–Kier alpha value is -2.61. The van der Waals surface area contributed by atoms with Gasteiger partial charge in [0.25, 0.3) is 0 Å². The molecule has 3 N–H and O–H groups in total. The van der Waals surface area contributed by atoms with Crippen LogP contribution in [0.15, 0.2) is 24.3 Å². The molecule has 1 saturated carbocycles. The molecule has 1 amide bonds. The van der Waals surface area contributed by atoms with Gasteiger partial charge in [0.1, 0.15) is 11.4 Å². The molecule has 0 aliphatic heterocycles. The van der Waals surface area contributed by atoms with Crippen LogP contribution in [0.4, 0.5) is 16.6 Å². The minimum atomic E-state index is -0.467. The van der Waals surface area contributed by atoms with Gasteiger partial charge in [-0.3, -0.25) is 0 Å². The van der Waals surface area contributed by atoms with Gasteiger partial charge in [0.2, 0.25) is 5.95 Å². The zero-order chi connectivity index (χ0) is 22.4. The summed E-state index contributed by atoms with van der Waals surface area (Å²) in [5.74, 6) is 1.63. The summed E-state index contributed by atoms with van der Waals surface area (Å²) in [6.07, 6.45) is 3.92. The average molecular weight is 429 g/mol. The molecule has 8 nitrogen and oxygen atoms in total. The van der Waals surface area contributed by atoms with Crippen LogP contribution < -0.4 is 20.9 Å². The predicted molar refractivity (Wildman–Crippen MR) is 126 cm³/mol. The van der Waals surface area contributed by atoms with Gasteiger partial charge in [-0.25, -0.2) is 9.78 Å². The van der Waals surface area contributed by atoms with E-state index in [-0.39, 0.29) is 6.09 Å². The van der Waals surface area contributed by atoms with Crippen molar-refractivity contribution in [1.82, 2.24) is 20.6 Å². The van der Waals surface area contributed by atoms with Crippen molar-refractivity contribution < 1.29 is 9.53 Å². The fourth-order valence-electron chi connectivity index (χ4n) is 3.84. The summed E-state index contributed by atoms with van der Waals surface area (Å²) in [4.78, 5) is 23.2. The molecule has 0 spiro atoms. The van der Waals surface area contributed by atoms with Crippen molar-refractivity contribution in [2.75, 3.05) is 37.4 Å². The van der Waals surface area contributed by atoms with Gasteiger partial charge in [-0.15, -0.1) is 0 Å². The molecule has 3 rings (SSSR count). The summed E-state index contributed by atoms with van der Waals surface area (Å²) in [6.45, 7) is 6.89. The van der Waals surface area contributed by atoms with Crippen LogP contribution in [0.5, 0.6) is 0 Å². The second-order valence-corrected chi connectivity index (χ2v) is 9.36. The number of carbonyl (C=O) groups excluding carboxylic acids is 1. The Kier molecular flexibility index (Phi) is 7.54. The quantitative estimate of drug-likeness (QED) is 0.581. The van der Waals surface area contributed by atoms with Gasteiger partial charge < -0.3 is 25.6 Å². The minimum absolute atomic E-state index is 0.366. The molecule has 1 aliphatic rings. The van der Waals surface area contributed by atoms with E-state index in [0.717, 1.165) is 48.9 Å². The third-order valence-corrected chi connectivity index (χ3v) is 5.29. The highest BCUT2D eigenvalue weighted by atomic mass is 16.6. The number of carbonyl (C=O) groups is 1. The van der Waals surface area contributed by atoms with Crippen molar-refractivity contribution in [3.8, 4) is 0 Å². The SMILES string of the molecule is CN(C)c1nc(NC2CCC(NCCNC(=O)OC(C)(C)C)CC2)nc2ccccc12. The normalized spacial score (nSPS) is 19.1. The molecule has 0 saturated heterocycles. The van der Waals surface area contributed by atoms with Crippen LogP contribution in [0, 0.1) is 0 Å². The molecule has 0 atom stereocenters. The van der Waals surface area contributed by atoms with Crippen molar-refractivity contribution in [1.29, 1.82) is 0 Å². The molecule has 0 bridgehead atoms. The summed E-state index contributed by atoms with van der Waals surface area (Å²) < 4.78 is 5.25. The van der Waals surface area contributed by atoms with Gasteiger partial charge in [-0.1, -0.05) is 12.1 Å². The lowest BCUT2D eigenvalue weighted by atomic mass is 9.91. The number of para-hydroxylation sites is 1. The van der Waals surface area contributed by atoms with Crippen LogP contribution >= 0.6 is 0 Å². The molecule has 1 fully saturated rings. The van der Waals surface area contributed by atoms with Crippen LogP contribution in [0.3, 0.4) is 0 Å². The maximum Gasteiger partial charge on any atom is 0.407 e. The summed E-state index contributed by atoms with van der Waals surface area (Å²) in [5, 5.41) is 10.9. The lowest BCUT2D eigenvalue weighted by molar-refractivity contribution is 0.0527. The minimum Gasteiger partial charge on any atom is -0.444 e. The second kappa shape index (κ2) is 10.1. The van der Waals surface area contributed by atoms with E-state index in [2.05, 4.69) is 22.0 Å². The summed E-state index contributed by atoms with van der Waals surface area (Å²) in [7, 11) is 4.01. The average Bonchev–Trinajstić information content (AvgIpc) is 2.70. The molecule has 8 heteroatoms. The van der Waals surface area contributed by atoms with Gasteiger partial charge in [-0.2, -0.15) is 4.98 Å². The molecule has 170 valence electrons. The number of hydrogen-bond donors (Lipinski definition) is 3. The monoisotopic (exact) mass is 428 g/mol. The number of nitrogens with one attached hydrogen (secondary N) is 3. The van der Waals surface area contributed by atoms with Crippen LogP contribution in [-0.2, 0) is 4.74 Å². The fraction of sp³-hybridized carbons (Fsp3) is 0.609. The number of amides is 1. The molecule has 0 unspecified atom stereocenters. The Balaban J connectivity index is 1.44. The van der Waals surface area contributed by atoms with E-state index in [1.54, 1.807) is 0 Å². The summed E-state index contributed by atoms with van der Waals surface area (Å²) in [6, 6.07) is 8.95. The molecule has 2 aromatic rings. The van der Waals surface area contributed by atoms with Crippen LogP contribution in [0.1, 0.15) is 46.5 Å². The topological polar surface area (TPSA) is 91.4 Å². The molecular weight excluding hydrogens is 392 g/mol. The standard InChI is InChI=1S/C23H36N6O2/c1-23(2,3)31-22(30)25-15-14-24-16-10-12-17(13-11-16)26-21-27-19-9-7-6-8-18(19)20(28-21)29(4)5/h6-9,16-17,24H,10-15H2,1-5H3,(H,25,30)(H,26,27,28). The predicted octanol–water partition coefficient (Wildman–Crippen LogP) is 3.53. The van der Waals surface area contributed by atoms with Crippen molar-refractivity contribution in [2.45, 2.75) is 64.1 Å². The van der Waals surface area contributed by atoms with E-state index < -0.39 is 5.60 Å². The first-order chi connectivity index (χ1) is 14.7. The number of benzene rings is 1. The number of rotatable bonds is 7. The smallest absolute Gasteiger partial charge is 0.407 e. The second-order valence-electron chi connectivity index (χ2n) is 9.36. The molecule has 1 aliphatic carbocycles. The van der Waals surface area contributed by atoms with Crippen molar-refractivity contribution >= 4 is 28.8 Å². The number of nitrogens with zero attached hydrogens (tertiary/aromatic N) is 3. The lowest BCUT2D eigenvalue weighted by Gasteiger charge is -2.30. The highest BCUT2D eigenvalue weighted by molar-refractivity contribution is 5.90. The zero-order valence-corrected chi connectivity index (χ0v) is 19.4. The number of aromatic nitrogens is 2. The van der Waals surface area contributed by atoms with E-state index in [0.29, 0.717) is 24.6 Å². The van der Waals surface area contributed by atoms with E-state index in [1.807, 2.05) is 58.0 Å². The Morgan fingerprint density at radius 1 is 1.06 bits per heavy atom. The summed E-state index contributed by atoms with van der Waals surface area (Å²) in [5.41, 5.74) is 0.488. The Bertz CT molecular complexity index is 872. The fourth-order valence-corrected chi connectivity index (χ4v) is 3.84. The third kappa shape index (κ3) is 6.95. The molecule has 1 heterocycles. The van der Waals surface area contributed by atoms with Gasteiger partial charge in [0.05, 0.1) is 5.52 Å². The molecule has 0 radical (unpaired) electrons. The van der Waals surface area contributed by atoms with E-state index in [1.165, 1.54) is 0 Å². The number of anilines is 2. The van der Waals surface area contributed by atoms with E-state index >= 15 is 0 Å². The van der Waals surface area contributed by atoms with Gasteiger partial charge in [0, 0.05) is 44.7 Å². The number of alkyl carbamates (subject to hydrolysis) is 1. The molecule has 31 heavy (non-hydrogen) atoms. The zero-order valence-electron chi connectivity index (χ0n) is 19.4. The molecular formula is C23H36N6O2. The molecule has 1 aromatic carbocycles. The first-order valence-electron chi connectivity index (χ1n) is 11.1. The van der Waals surface area contributed by atoms with Crippen molar-refractivity contribution in [3.63, 3.8) is 0 Å². The Morgan fingerprint density at radius 2 is 1.74 bits per heavy atom. The largest absolute Gasteiger partial charge is 0.444 e. The van der Waals surface area contributed by atoms with Crippen molar-refractivity contribution in [3.05, 3.63) is 24.3 Å². The number of ether oxygens (including phenoxy) is 1. The Labute approximate surface area is 185 Å². The van der Waals surface area contributed by atoms with E-state index in [4.69, 9.17) is 14.7 Å². The number of fused-ring (bicyclic) bond motifs is 1. The maximum atomic E-state index is 11.7. The maximum absolute atomic E-state index is 11.7. The third-order valence-electron chi connectivity index (χ3n) is 5.29. The molecule has 1 aromatic heterocycles. The highest BCUT2D eigenvalue weighted by Crippen LogP contribution is 2.26. The van der Waals surface area contributed by atoms with Crippen LogP contribution in [0.2, 0.25) is 0 Å². The van der Waals surface area contributed by atoms with Crippen LogP contribution in [0.25, 0.3) is 10.9 Å². The van der Waals surface area contributed by atoms with Crippen LogP contribution in [-0.4, -0.2) is 60.9 Å². The first kappa shape index (κ1) is 23.1. The number of hydrogen-bond acceptors (Lipinski definition) is 7.